The average Bonchev–Trinajstić information content (AvgIpc) is 2.39. The Morgan fingerprint density at radius 2 is 2.24 bits per heavy atom. The van der Waals surface area contributed by atoms with E-state index >= 15 is 0 Å². The van der Waals surface area contributed by atoms with Crippen LogP contribution in [0.25, 0.3) is 0 Å². The number of nitrogens with zero attached hydrogens (tertiary/aromatic N) is 2. The number of carbonyl (C=O) groups is 1. The minimum atomic E-state index is -0.572. The number of hydrogen-bond donors (Lipinski definition) is 0. The van der Waals surface area contributed by atoms with Crippen LogP contribution >= 0.6 is 0 Å². The molecule has 0 spiro atoms. The number of ether oxygens (including phenoxy) is 2. The van der Waals surface area contributed by atoms with Gasteiger partial charge in [0.25, 0.3) is 5.91 Å². The van der Waals surface area contributed by atoms with Gasteiger partial charge in [0, 0.05) is 13.1 Å². The van der Waals surface area contributed by atoms with Crippen molar-refractivity contribution in [1.29, 1.82) is 0 Å². The van der Waals surface area contributed by atoms with Gasteiger partial charge in [-0.1, -0.05) is 0 Å². The molecule has 0 aliphatic carbocycles. The maximum absolute atomic E-state index is 12.5. The van der Waals surface area contributed by atoms with E-state index in [1.807, 2.05) is 0 Å². The van der Waals surface area contributed by atoms with Crippen molar-refractivity contribution in [3.63, 3.8) is 0 Å². The monoisotopic (exact) mass is 240 g/mol. The van der Waals surface area contributed by atoms with E-state index in [-0.39, 0.29) is 12.5 Å². The number of amides is 1. The molecule has 1 aromatic heterocycles. The molecule has 0 atom stereocenters. The van der Waals surface area contributed by atoms with Crippen molar-refractivity contribution in [3.05, 3.63) is 24.3 Å². The lowest BCUT2D eigenvalue weighted by Crippen LogP contribution is -2.42. The normalized spacial score (nSPS) is 15.7. The van der Waals surface area contributed by atoms with Gasteiger partial charge in [0.1, 0.15) is 5.75 Å². The summed E-state index contributed by atoms with van der Waals surface area (Å²) in [5, 5.41) is 0. The van der Waals surface area contributed by atoms with Crippen LogP contribution in [-0.2, 0) is 9.53 Å². The van der Waals surface area contributed by atoms with Gasteiger partial charge in [-0.15, -0.1) is 0 Å². The standard InChI is InChI=1S/C11H13FN2O3/c12-10-2-1-9(7-13-10)17-8-11(15)14-3-5-16-6-4-14/h1-2,7H,3-6,8H2. The maximum atomic E-state index is 12.5. The van der Waals surface area contributed by atoms with E-state index < -0.39 is 5.95 Å². The largest absolute Gasteiger partial charge is 0.482 e. The molecule has 1 fully saturated rings. The van der Waals surface area contributed by atoms with Crippen LogP contribution in [0, 0.1) is 5.95 Å². The van der Waals surface area contributed by atoms with Crippen LogP contribution in [0.3, 0.4) is 0 Å². The van der Waals surface area contributed by atoms with Gasteiger partial charge in [0.05, 0.1) is 19.4 Å². The Hall–Kier alpha value is -1.69. The van der Waals surface area contributed by atoms with Crippen LogP contribution in [0.2, 0.25) is 0 Å². The molecule has 1 aliphatic heterocycles. The number of aromatic nitrogens is 1. The molecule has 2 rings (SSSR count). The highest BCUT2D eigenvalue weighted by Crippen LogP contribution is 2.08. The van der Waals surface area contributed by atoms with Crippen LogP contribution < -0.4 is 4.74 Å². The first kappa shape index (κ1) is 11.8. The SMILES string of the molecule is O=C(COc1ccc(F)nc1)N1CCOCC1. The molecule has 1 aliphatic rings. The molecule has 0 radical (unpaired) electrons. The Labute approximate surface area is 98.1 Å². The molecular formula is C11H13FN2O3. The topological polar surface area (TPSA) is 51.7 Å². The van der Waals surface area contributed by atoms with Gasteiger partial charge in [-0.05, 0) is 12.1 Å². The molecular weight excluding hydrogens is 227 g/mol. The fourth-order valence-electron chi connectivity index (χ4n) is 1.50. The van der Waals surface area contributed by atoms with E-state index in [9.17, 15) is 9.18 Å². The Morgan fingerprint density at radius 1 is 1.47 bits per heavy atom. The van der Waals surface area contributed by atoms with E-state index in [0.29, 0.717) is 32.1 Å². The quantitative estimate of drug-likeness (QED) is 0.720. The van der Waals surface area contributed by atoms with Crippen LogP contribution in [0.15, 0.2) is 18.3 Å². The minimum Gasteiger partial charge on any atom is -0.482 e. The molecule has 2 heterocycles. The fourth-order valence-corrected chi connectivity index (χ4v) is 1.50. The first-order valence-corrected chi connectivity index (χ1v) is 5.35. The Kier molecular flexibility index (Phi) is 3.87. The first-order valence-electron chi connectivity index (χ1n) is 5.35. The summed E-state index contributed by atoms with van der Waals surface area (Å²) in [6.45, 7) is 2.23. The van der Waals surface area contributed by atoms with Gasteiger partial charge in [-0.3, -0.25) is 4.79 Å². The van der Waals surface area contributed by atoms with E-state index in [4.69, 9.17) is 9.47 Å². The molecule has 1 amide bonds. The number of pyridine rings is 1. The zero-order valence-corrected chi connectivity index (χ0v) is 9.26. The highest BCUT2D eigenvalue weighted by Gasteiger charge is 2.16. The smallest absolute Gasteiger partial charge is 0.260 e. The molecule has 0 aromatic carbocycles. The fraction of sp³-hybridized carbons (Fsp3) is 0.455. The Bertz CT molecular complexity index is 377. The van der Waals surface area contributed by atoms with E-state index in [1.165, 1.54) is 18.3 Å². The van der Waals surface area contributed by atoms with Crippen LogP contribution in [0.5, 0.6) is 5.75 Å². The summed E-state index contributed by atoms with van der Waals surface area (Å²) in [6.07, 6.45) is 1.25. The highest BCUT2D eigenvalue weighted by molar-refractivity contribution is 5.77. The second-order valence-corrected chi connectivity index (χ2v) is 3.60. The first-order chi connectivity index (χ1) is 8.25. The summed E-state index contributed by atoms with van der Waals surface area (Å²) >= 11 is 0. The van der Waals surface area contributed by atoms with Crippen LogP contribution in [0.4, 0.5) is 4.39 Å². The molecule has 6 heteroatoms. The molecule has 0 saturated carbocycles. The predicted octanol–water partition coefficient (Wildman–Crippen LogP) is 0.458. The minimum absolute atomic E-state index is 0.0622. The highest BCUT2D eigenvalue weighted by atomic mass is 19.1. The van der Waals surface area contributed by atoms with Gasteiger partial charge < -0.3 is 14.4 Å². The van der Waals surface area contributed by atoms with Gasteiger partial charge in [-0.2, -0.15) is 4.39 Å². The van der Waals surface area contributed by atoms with Gasteiger partial charge >= 0.3 is 0 Å². The summed E-state index contributed by atoms with van der Waals surface area (Å²) in [5.41, 5.74) is 0. The molecule has 1 aromatic rings. The van der Waals surface area contributed by atoms with Crippen molar-refractivity contribution >= 4 is 5.91 Å². The van der Waals surface area contributed by atoms with Crippen molar-refractivity contribution in [2.75, 3.05) is 32.9 Å². The molecule has 0 unspecified atom stereocenters. The van der Waals surface area contributed by atoms with Gasteiger partial charge in [0.15, 0.2) is 6.61 Å². The average molecular weight is 240 g/mol. The third-order valence-corrected chi connectivity index (χ3v) is 2.43. The molecule has 0 N–H and O–H groups in total. The third kappa shape index (κ3) is 3.39. The zero-order valence-electron chi connectivity index (χ0n) is 9.26. The summed E-state index contributed by atoms with van der Waals surface area (Å²) in [4.78, 5) is 16.8. The number of carbonyl (C=O) groups excluding carboxylic acids is 1. The van der Waals surface area contributed by atoms with Gasteiger partial charge in [-0.25, -0.2) is 4.98 Å². The van der Waals surface area contributed by atoms with Crippen LogP contribution in [-0.4, -0.2) is 48.7 Å². The van der Waals surface area contributed by atoms with E-state index in [0.717, 1.165) is 0 Å². The maximum Gasteiger partial charge on any atom is 0.260 e. The van der Waals surface area contributed by atoms with Crippen molar-refractivity contribution in [1.82, 2.24) is 9.88 Å². The lowest BCUT2D eigenvalue weighted by molar-refractivity contribution is -0.137. The molecule has 5 nitrogen and oxygen atoms in total. The van der Waals surface area contributed by atoms with E-state index in [2.05, 4.69) is 4.98 Å². The number of hydrogen-bond acceptors (Lipinski definition) is 4. The number of halogens is 1. The number of morpholine rings is 1. The van der Waals surface area contributed by atoms with Crippen molar-refractivity contribution in [3.8, 4) is 5.75 Å². The lowest BCUT2D eigenvalue weighted by Gasteiger charge is -2.26. The molecule has 92 valence electrons. The predicted molar refractivity (Wildman–Crippen MR) is 57.1 cm³/mol. The van der Waals surface area contributed by atoms with Gasteiger partial charge in [0.2, 0.25) is 5.95 Å². The lowest BCUT2D eigenvalue weighted by atomic mass is 10.4. The summed E-state index contributed by atoms with van der Waals surface area (Å²) in [5.74, 6) is -0.289. The van der Waals surface area contributed by atoms with E-state index in [1.54, 1.807) is 4.90 Å². The summed E-state index contributed by atoms with van der Waals surface area (Å²) in [6, 6.07) is 2.63. The molecule has 0 bridgehead atoms. The Balaban J connectivity index is 1.81. The zero-order chi connectivity index (χ0) is 12.1. The van der Waals surface area contributed by atoms with Crippen molar-refractivity contribution in [2.24, 2.45) is 0 Å². The number of rotatable bonds is 3. The second-order valence-electron chi connectivity index (χ2n) is 3.60. The van der Waals surface area contributed by atoms with Crippen LogP contribution in [0.1, 0.15) is 0 Å². The van der Waals surface area contributed by atoms with Crippen molar-refractivity contribution in [2.45, 2.75) is 0 Å². The second kappa shape index (κ2) is 5.58. The molecule has 1 saturated heterocycles. The Morgan fingerprint density at radius 3 is 2.88 bits per heavy atom. The van der Waals surface area contributed by atoms with Crippen molar-refractivity contribution < 1.29 is 18.7 Å². The molecule has 17 heavy (non-hydrogen) atoms. The summed E-state index contributed by atoms with van der Waals surface area (Å²) in [7, 11) is 0. The third-order valence-electron chi connectivity index (χ3n) is 2.43. The summed E-state index contributed by atoms with van der Waals surface area (Å²) < 4.78 is 22.9.